The van der Waals surface area contributed by atoms with Crippen molar-refractivity contribution in [2.75, 3.05) is 0 Å². The van der Waals surface area contributed by atoms with Gasteiger partial charge in [0.05, 0.1) is 12.5 Å². The molecule has 12 heavy (non-hydrogen) atoms. The summed E-state index contributed by atoms with van der Waals surface area (Å²) in [5.41, 5.74) is 7.46. The zero-order chi connectivity index (χ0) is 8.60. The van der Waals surface area contributed by atoms with Crippen LogP contribution in [0.25, 0.3) is 0 Å². The van der Waals surface area contributed by atoms with Crippen molar-refractivity contribution in [3.8, 4) is 0 Å². The predicted molar refractivity (Wildman–Crippen MR) is 47.9 cm³/mol. The number of hydrogen-bond donors (Lipinski definition) is 1. The first-order chi connectivity index (χ1) is 5.71. The molecule has 2 heteroatoms. The first-order valence-electron chi connectivity index (χ1n) is 4.49. The summed E-state index contributed by atoms with van der Waals surface area (Å²) in [6, 6.07) is 2.43. The van der Waals surface area contributed by atoms with Crippen LogP contribution in [0.4, 0.5) is 0 Å². The Bertz CT molecular complexity index is 255. The highest BCUT2D eigenvalue weighted by Crippen LogP contribution is 2.39. The van der Waals surface area contributed by atoms with Crippen LogP contribution in [-0.2, 0) is 5.41 Å². The van der Waals surface area contributed by atoms with Gasteiger partial charge in [0.1, 0.15) is 0 Å². The molecule has 0 amide bonds. The van der Waals surface area contributed by atoms with Gasteiger partial charge in [0.15, 0.2) is 0 Å². The van der Waals surface area contributed by atoms with E-state index < -0.39 is 0 Å². The SMILES string of the molecule is CC1(c2ccoc2)CCC(N)C1. The summed E-state index contributed by atoms with van der Waals surface area (Å²) in [6.07, 6.45) is 7.00. The first-order valence-corrected chi connectivity index (χ1v) is 4.49. The van der Waals surface area contributed by atoms with Crippen molar-refractivity contribution < 1.29 is 4.42 Å². The minimum absolute atomic E-state index is 0.270. The molecule has 2 nitrogen and oxygen atoms in total. The molecule has 1 aromatic heterocycles. The van der Waals surface area contributed by atoms with Gasteiger partial charge in [0.25, 0.3) is 0 Å². The molecule has 0 spiro atoms. The van der Waals surface area contributed by atoms with E-state index in [9.17, 15) is 0 Å². The van der Waals surface area contributed by atoms with E-state index in [0.29, 0.717) is 6.04 Å². The van der Waals surface area contributed by atoms with Crippen LogP contribution in [-0.4, -0.2) is 6.04 Å². The lowest BCUT2D eigenvalue weighted by Gasteiger charge is -2.21. The molecule has 1 saturated carbocycles. The minimum Gasteiger partial charge on any atom is -0.472 e. The molecule has 2 rings (SSSR count). The molecule has 2 N–H and O–H groups in total. The van der Waals surface area contributed by atoms with Gasteiger partial charge < -0.3 is 10.2 Å². The molecular formula is C10H15NO. The van der Waals surface area contributed by atoms with Crippen molar-refractivity contribution in [3.63, 3.8) is 0 Å². The zero-order valence-electron chi connectivity index (χ0n) is 7.42. The van der Waals surface area contributed by atoms with Gasteiger partial charge in [-0.2, -0.15) is 0 Å². The largest absolute Gasteiger partial charge is 0.472 e. The van der Waals surface area contributed by atoms with Crippen LogP contribution in [0.15, 0.2) is 23.0 Å². The monoisotopic (exact) mass is 165 g/mol. The third kappa shape index (κ3) is 1.16. The van der Waals surface area contributed by atoms with E-state index in [1.807, 2.05) is 6.26 Å². The molecule has 1 fully saturated rings. The maximum atomic E-state index is 5.89. The van der Waals surface area contributed by atoms with Crippen LogP contribution in [0, 0.1) is 0 Å². The van der Waals surface area contributed by atoms with Gasteiger partial charge >= 0.3 is 0 Å². The average Bonchev–Trinajstić information content (AvgIpc) is 2.59. The van der Waals surface area contributed by atoms with Crippen molar-refractivity contribution in [1.29, 1.82) is 0 Å². The van der Waals surface area contributed by atoms with Crippen LogP contribution in [0.1, 0.15) is 31.7 Å². The van der Waals surface area contributed by atoms with Crippen molar-refractivity contribution in [1.82, 2.24) is 0 Å². The van der Waals surface area contributed by atoms with E-state index in [0.717, 1.165) is 12.8 Å². The second-order valence-electron chi connectivity index (χ2n) is 4.08. The molecule has 0 radical (unpaired) electrons. The van der Waals surface area contributed by atoms with Crippen molar-refractivity contribution in [2.45, 2.75) is 37.6 Å². The molecule has 0 saturated heterocycles. The summed E-state index contributed by atoms with van der Waals surface area (Å²) >= 11 is 0. The highest BCUT2D eigenvalue weighted by Gasteiger charge is 2.35. The lowest BCUT2D eigenvalue weighted by molar-refractivity contribution is 0.470. The zero-order valence-corrected chi connectivity index (χ0v) is 7.42. The third-order valence-corrected chi connectivity index (χ3v) is 3.00. The van der Waals surface area contributed by atoms with E-state index in [1.165, 1.54) is 12.0 Å². The van der Waals surface area contributed by atoms with E-state index in [1.54, 1.807) is 6.26 Å². The Morgan fingerprint density at radius 2 is 2.50 bits per heavy atom. The molecule has 0 aliphatic heterocycles. The number of rotatable bonds is 1. The van der Waals surface area contributed by atoms with Crippen molar-refractivity contribution in [2.24, 2.45) is 5.73 Å². The Hall–Kier alpha value is -0.760. The van der Waals surface area contributed by atoms with Crippen molar-refractivity contribution in [3.05, 3.63) is 24.2 Å². The van der Waals surface area contributed by atoms with E-state index in [4.69, 9.17) is 10.2 Å². The molecule has 1 aliphatic carbocycles. The molecule has 1 aromatic rings. The molecule has 1 heterocycles. The maximum absolute atomic E-state index is 5.89. The van der Waals surface area contributed by atoms with Gasteiger partial charge in [-0.3, -0.25) is 0 Å². The summed E-state index contributed by atoms with van der Waals surface area (Å²) in [7, 11) is 0. The fourth-order valence-corrected chi connectivity index (χ4v) is 2.16. The summed E-state index contributed by atoms with van der Waals surface area (Å²) in [5.74, 6) is 0. The second kappa shape index (κ2) is 2.63. The summed E-state index contributed by atoms with van der Waals surface area (Å²) in [4.78, 5) is 0. The standard InChI is InChI=1S/C10H15NO/c1-10(4-2-9(11)6-10)8-3-5-12-7-8/h3,5,7,9H,2,4,6,11H2,1H3. The minimum atomic E-state index is 0.270. The van der Waals surface area contributed by atoms with Gasteiger partial charge in [-0.05, 0) is 36.3 Å². The third-order valence-electron chi connectivity index (χ3n) is 3.00. The molecular weight excluding hydrogens is 150 g/mol. The quantitative estimate of drug-likeness (QED) is 0.691. The van der Waals surface area contributed by atoms with E-state index in [2.05, 4.69) is 13.0 Å². The molecule has 1 aliphatic rings. The fraction of sp³-hybridized carbons (Fsp3) is 0.600. The Morgan fingerprint density at radius 1 is 1.67 bits per heavy atom. The Kier molecular flexibility index (Phi) is 1.72. The normalized spacial score (nSPS) is 35.7. The van der Waals surface area contributed by atoms with Crippen LogP contribution in [0.5, 0.6) is 0 Å². The molecule has 2 unspecified atom stereocenters. The molecule has 66 valence electrons. The Balaban J connectivity index is 2.23. The average molecular weight is 165 g/mol. The van der Waals surface area contributed by atoms with Gasteiger partial charge in [-0.25, -0.2) is 0 Å². The lowest BCUT2D eigenvalue weighted by atomic mass is 9.82. The van der Waals surface area contributed by atoms with Gasteiger partial charge in [0.2, 0.25) is 0 Å². The number of furan rings is 1. The van der Waals surface area contributed by atoms with Gasteiger partial charge in [-0.1, -0.05) is 6.92 Å². The molecule has 0 bridgehead atoms. The van der Waals surface area contributed by atoms with E-state index in [-0.39, 0.29) is 5.41 Å². The molecule has 2 atom stereocenters. The first kappa shape index (κ1) is 7.87. The van der Waals surface area contributed by atoms with Crippen LogP contribution in [0.2, 0.25) is 0 Å². The number of hydrogen-bond acceptors (Lipinski definition) is 2. The second-order valence-corrected chi connectivity index (χ2v) is 4.08. The smallest absolute Gasteiger partial charge is 0.0940 e. The van der Waals surface area contributed by atoms with Crippen LogP contribution < -0.4 is 5.73 Å². The predicted octanol–water partition coefficient (Wildman–Crippen LogP) is 2.05. The highest BCUT2D eigenvalue weighted by molar-refractivity contribution is 5.21. The topological polar surface area (TPSA) is 39.2 Å². The fourth-order valence-electron chi connectivity index (χ4n) is 2.16. The van der Waals surface area contributed by atoms with E-state index >= 15 is 0 Å². The lowest BCUT2D eigenvalue weighted by Crippen LogP contribution is -2.21. The summed E-state index contributed by atoms with van der Waals surface area (Å²) in [5, 5.41) is 0. The maximum Gasteiger partial charge on any atom is 0.0940 e. The summed E-state index contributed by atoms with van der Waals surface area (Å²) in [6.45, 7) is 2.27. The van der Waals surface area contributed by atoms with Crippen LogP contribution >= 0.6 is 0 Å². The summed E-state index contributed by atoms with van der Waals surface area (Å²) < 4.78 is 5.09. The molecule has 0 aromatic carbocycles. The van der Waals surface area contributed by atoms with Crippen molar-refractivity contribution >= 4 is 0 Å². The highest BCUT2D eigenvalue weighted by atomic mass is 16.3. The van der Waals surface area contributed by atoms with Gasteiger partial charge in [-0.15, -0.1) is 0 Å². The van der Waals surface area contributed by atoms with Crippen LogP contribution in [0.3, 0.4) is 0 Å². The van der Waals surface area contributed by atoms with Gasteiger partial charge in [0, 0.05) is 6.04 Å². The number of nitrogens with two attached hydrogens (primary N) is 1. The Labute approximate surface area is 72.7 Å². The Morgan fingerprint density at radius 3 is 3.00 bits per heavy atom.